The predicted molar refractivity (Wildman–Crippen MR) is 403 cm³/mol. The maximum atomic E-state index is 5.82. The minimum Gasteiger partial charge on any atom is -0.299 e. The van der Waals surface area contributed by atoms with E-state index in [1.54, 1.807) is 0 Å². The first-order valence-electron chi connectivity index (χ1n) is 33.4. The molecule has 0 radical (unpaired) electrons. The Morgan fingerprint density at radius 3 is 1.01 bits per heavy atom. The van der Waals surface area contributed by atoms with Gasteiger partial charge in [0.2, 0.25) is 20.0 Å². The summed E-state index contributed by atoms with van der Waals surface area (Å²) in [6.45, 7) is 0. The summed E-state index contributed by atoms with van der Waals surface area (Å²) in [6, 6.07) is 117. The zero-order valence-electron chi connectivity index (χ0n) is 53.6. The largest absolute Gasteiger partial charge is 0.299 e. The van der Waals surface area contributed by atoms with Crippen LogP contribution < -0.4 is 21.0 Å². The van der Waals surface area contributed by atoms with Crippen molar-refractivity contribution in [1.29, 1.82) is 0 Å². The Balaban J connectivity index is 0.844. The minimum absolute atomic E-state index is 0.406. The molecule has 14 heteroatoms. The van der Waals surface area contributed by atoms with Gasteiger partial charge in [0.15, 0.2) is 5.82 Å². The number of rotatable bonds is 12. The van der Waals surface area contributed by atoms with Crippen molar-refractivity contribution in [3.05, 3.63) is 334 Å². The van der Waals surface area contributed by atoms with Gasteiger partial charge in [-0.2, -0.15) is 15.0 Å². The summed E-state index contributed by atoms with van der Waals surface area (Å²) in [5.41, 5.74) is 19.8. The van der Waals surface area contributed by atoms with E-state index in [2.05, 4.69) is 284 Å². The molecular formula is C86H55N13Si. The Morgan fingerprint density at radius 2 is 0.560 bits per heavy atom. The number of hydrogen-bond acceptors (Lipinski definition) is 8. The van der Waals surface area contributed by atoms with Crippen molar-refractivity contribution in [2.45, 2.75) is 0 Å². The summed E-state index contributed by atoms with van der Waals surface area (Å²) in [5.74, 6) is 4.37. The average molecular weight is 1300 g/mol. The number of fused-ring (bicyclic) bond motifs is 9. The van der Waals surface area contributed by atoms with Gasteiger partial charge in [0.05, 0.1) is 66.5 Å². The lowest BCUT2D eigenvalue weighted by atomic mass is 10.0. The van der Waals surface area contributed by atoms with Crippen molar-refractivity contribution >= 4 is 84.2 Å². The molecule has 1 unspecified atom stereocenters. The smallest absolute Gasteiger partial charge is 0.241 e. The van der Waals surface area contributed by atoms with E-state index in [0.29, 0.717) is 29.4 Å². The molecule has 0 spiro atoms. The summed E-state index contributed by atoms with van der Waals surface area (Å²) in [7, 11) is -3.54. The Labute approximate surface area is 574 Å². The molecule has 0 saturated heterocycles. The van der Waals surface area contributed by atoms with Crippen LogP contribution in [0.15, 0.2) is 334 Å². The molecule has 1 aliphatic rings. The maximum absolute atomic E-state index is 5.82. The Hall–Kier alpha value is -13.6. The van der Waals surface area contributed by atoms with Crippen LogP contribution in [0.5, 0.6) is 0 Å². The van der Waals surface area contributed by atoms with Crippen LogP contribution in [-0.4, -0.2) is 70.8 Å². The quantitative estimate of drug-likeness (QED) is 0.111. The molecule has 468 valence electrons. The zero-order chi connectivity index (χ0) is 65.8. The van der Waals surface area contributed by atoms with Gasteiger partial charge in [-0.1, -0.05) is 249 Å². The van der Waals surface area contributed by atoms with E-state index in [1.807, 2.05) is 72.8 Å². The van der Waals surface area contributed by atoms with Crippen LogP contribution in [0.1, 0.15) is 0 Å². The first-order valence-corrected chi connectivity index (χ1v) is 35.4. The minimum atomic E-state index is -3.54. The van der Waals surface area contributed by atoms with E-state index < -0.39 is 8.07 Å². The highest BCUT2D eigenvalue weighted by atomic mass is 28.3. The first kappa shape index (κ1) is 56.8. The monoisotopic (exact) mass is 1300 g/mol. The summed E-state index contributed by atoms with van der Waals surface area (Å²) in [4.78, 5) is 43.9. The first-order chi connectivity index (χ1) is 49.6. The molecule has 100 heavy (non-hydrogen) atoms. The third-order valence-corrected chi connectivity index (χ3v) is 24.0. The molecule has 6 aromatic heterocycles. The van der Waals surface area contributed by atoms with Crippen molar-refractivity contribution in [1.82, 2.24) is 62.7 Å². The highest BCUT2D eigenvalue weighted by Crippen LogP contribution is 2.39. The van der Waals surface area contributed by atoms with E-state index in [-0.39, 0.29) is 0 Å². The van der Waals surface area contributed by atoms with Crippen LogP contribution in [0.3, 0.4) is 0 Å². The second-order valence-electron chi connectivity index (χ2n) is 25.2. The molecule has 20 rings (SSSR count). The maximum Gasteiger partial charge on any atom is 0.241 e. The van der Waals surface area contributed by atoms with Gasteiger partial charge < -0.3 is 0 Å². The highest BCUT2D eigenvalue weighted by molar-refractivity contribution is 7.20. The molecule has 1 aliphatic heterocycles. The van der Waals surface area contributed by atoms with Gasteiger partial charge in [-0.3, -0.25) is 22.8 Å². The summed E-state index contributed by atoms with van der Waals surface area (Å²) in [6.07, 6.45) is 0. The fourth-order valence-electron chi connectivity index (χ4n) is 15.0. The van der Waals surface area contributed by atoms with Crippen LogP contribution >= 0.6 is 0 Å². The Bertz CT molecular complexity index is 5830. The molecule has 0 amide bonds. The van der Waals surface area contributed by atoms with Gasteiger partial charge in [0, 0.05) is 33.5 Å². The summed E-state index contributed by atoms with van der Waals surface area (Å²) >= 11 is 0. The number of imidazole rings is 5. The highest BCUT2D eigenvalue weighted by Gasteiger charge is 2.52. The van der Waals surface area contributed by atoms with Crippen molar-refractivity contribution < 1.29 is 0 Å². The van der Waals surface area contributed by atoms with Gasteiger partial charge in [0.1, 0.15) is 28.7 Å². The molecular weight excluding hydrogens is 1240 g/mol. The molecule has 13 aromatic carbocycles. The number of benzene rings is 13. The topological polar surface area (TPSA) is 128 Å². The predicted octanol–water partition coefficient (Wildman–Crippen LogP) is 16.3. The molecule has 0 fully saturated rings. The Kier molecular flexibility index (Phi) is 12.9. The third kappa shape index (κ3) is 8.94. The molecule has 1 atom stereocenters. The second kappa shape index (κ2) is 22.8. The van der Waals surface area contributed by atoms with Gasteiger partial charge in [-0.15, -0.1) is 0 Å². The normalized spacial score (nSPS) is 13.4. The van der Waals surface area contributed by atoms with Gasteiger partial charge in [-0.05, 0) is 112 Å². The fraction of sp³-hybridized carbons (Fsp3) is 0. The number of hydrogen-bond donors (Lipinski definition) is 0. The number of para-hydroxylation sites is 11. The summed E-state index contributed by atoms with van der Waals surface area (Å²) < 4.78 is 11.2. The van der Waals surface area contributed by atoms with Crippen molar-refractivity contribution in [2.75, 3.05) is 0 Å². The van der Waals surface area contributed by atoms with E-state index in [0.717, 1.165) is 139 Å². The third-order valence-electron chi connectivity index (χ3n) is 19.4. The van der Waals surface area contributed by atoms with Crippen LogP contribution in [-0.2, 0) is 0 Å². The van der Waals surface area contributed by atoms with Crippen LogP contribution in [0.2, 0.25) is 0 Å². The molecule has 7 heterocycles. The molecule has 13 nitrogen and oxygen atoms in total. The molecule has 0 bridgehead atoms. The van der Waals surface area contributed by atoms with E-state index in [4.69, 9.17) is 39.9 Å². The zero-order valence-corrected chi connectivity index (χ0v) is 54.6. The number of nitrogens with zero attached hydrogens (tertiary/aromatic N) is 13. The van der Waals surface area contributed by atoms with Crippen LogP contribution in [0, 0.1) is 0 Å². The SMILES string of the molecule is c1ccc(-c2nc3ccccc3n2-c2cc(-c3cccc([Si]4(c5cccc(-c6nc(-n7c(-c8ccccc8)nc8ccccc87)nc(-n7c(-c8ccccc8)nc8ccccc87)n6)c5)c5ccccc5-n5c4nc4ccccc45)c3)cc(-n3c(-c4ccccc4)nc4ccccc43)c2)cc1. The lowest BCUT2D eigenvalue weighted by molar-refractivity contribution is 0.869. The Morgan fingerprint density at radius 1 is 0.220 bits per heavy atom. The standard InChI is InChI=1S/C86H55N13Si/c1-5-27-56(28-6-1)80-87-67-39-13-18-44-72(67)95(80)63-51-62(52-64(55-63)96-73-45-19-14-40-68(73)88-81(96)57-29-7-2-8-30-57)60-35-25-37-65(53-60)100(78-50-24-23-49-77(78)97-74-46-20-17-43-71(74)91-86(97)100)66-38-26-36-61(54-66)79-92-84(98-75-47-21-15-41-69(75)89-82(98)58-31-9-3-10-32-58)94-85(93-79)99-76-48-22-16-42-70(76)90-83(99)59-33-11-4-12-34-59/h1-55H. The number of aromatic nitrogens is 13. The van der Waals surface area contributed by atoms with Crippen LogP contribution in [0.25, 0.3) is 152 Å². The summed E-state index contributed by atoms with van der Waals surface area (Å²) in [5, 5.41) is 3.47. The van der Waals surface area contributed by atoms with Crippen LogP contribution in [0.4, 0.5) is 0 Å². The van der Waals surface area contributed by atoms with Gasteiger partial charge >= 0.3 is 0 Å². The second-order valence-corrected chi connectivity index (χ2v) is 28.8. The average Bonchev–Trinajstić information content (AvgIpc) is 1.54. The van der Waals surface area contributed by atoms with Crippen molar-refractivity contribution in [3.63, 3.8) is 0 Å². The van der Waals surface area contributed by atoms with Gasteiger partial charge in [-0.25, -0.2) is 24.9 Å². The lowest BCUT2D eigenvalue weighted by Gasteiger charge is -2.29. The van der Waals surface area contributed by atoms with Gasteiger partial charge in [0.25, 0.3) is 0 Å². The van der Waals surface area contributed by atoms with E-state index in [9.17, 15) is 0 Å². The van der Waals surface area contributed by atoms with Crippen molar-refractivity contribution in [2.24, 2.45) is 0 Å². The molecule has 0 aliphatic carbocycles. The lowest BCUT2D eigenvalue weighted by Crippen LogP contribution is -2.73. The molecule has 0 saturated carbocycles. The molecule has 19 aromatic rings. The van der Waals surface area contributed by atoms with E-state index >= 15 is 0 Å². The van der Waals surface area contributed by atoms with E-state index in [1.165, 1.54) is 5.19 Å². The van der Waals surface area contributed by atoms with Crippen molar-refractivity contribution in [3.8, 4) is 97.0 Å². The molecule has 0 N–H and O–H groups in total. The fourth-order valence-corrected chi connectivity index (χ4v) is 20.0.